The highest BCUT2D eigenvalue weighted by Gasteiger charge is 1.99. The number of hydrogen-bond donors (Lipinski definition) is 0. The van der Waals surface area contributed by atoms with Crippen LogP contribution in [-0.4, -0.2) is 9.97 Å². The zero-order chi connectivity index (χ0) is 10.7. The first-order valence-electron chi connectivity index (χ1n) is 4.84. The molecule has 0 aliphatic heterocycles. The molecule has 0 spiro atoms. The highest BCUT2D eigenvalue weighted by atomic mass is 14.8. The quantitative estimate of drug-likeness (QED) is 0.689. The van der Waals surface area contributed by atoms with Gasteiger partial charge in [-0.2, -0.15) is 0 Å². The molecule has 2 heteroatoms. The van der Waals surface area contributed by atoms with Crippen LogP contribution in [0.2, 0.25) is 0 Å². The summed E-state index contributed by atoms with van der Waals surface area (Å²) in [6, 6.07) is 6.12. The summed E-state index contributed by atoms with van der Waals surface area (Å²) in [7, 11) is 0. The van der Waals surface area contributed by atoms with Gasteiger partial charge in [0.15, 0.2) is 0 Å². The maximum atomic E-state index is 4.18. The van der Waals surface area contributed by atoms with Crippen molar-refractivity contribution in [3.05, 3.63) is 55.0 Å². The van der Waals surface area contributed by atoms with Gasteiger partial charge < -0.3 is 0 Å². The van der Waals surface area contributed by atoms with Gasteiger partial charge in [0, 0.05) is 11.6 Å². The summed E-state index contributed by atoms with van der Waals surface area (Å²) in [4.78, 5) is 8.19. The van der Waals surface area contributed by atoms with E-state index in [1.54, 1.807) is 6.33 Å². The minimum Gasteiger partial charge on any atom is -0.244 e. The number of hydrogen-bond acceptors (Lipinski definition) is 2. The number of aromatic nitrogens is 2. The molecule has 2 aromatic rings. The van der Waals surface area contributed by atoms with Crippen LogP contribution in [0.3, 0.4) is 0 Å². The molecule has 0 N–H and O–H groups in total. The van der Waals surface area contributed by atoms with Crippen LogP contribution >= 0.6 is 0 Å². The molecule has 0 unspecified atom stereocenters. The van der Waals surface area contributed by atoms with Crippen molar-refractivity contribution in [1.82, 2.24) is 9.97 Å². The largest absolute Gasteiger partial charge is 0.244 e. The van der Waals surface area contributed by atoms with Crippen LogP contribution in [0.15, 0.2) is 49.5 Å². The number of fused-ring (bicyclic) bond motifs is 1. The number of rotatable bonds is 2. The third-order valence-electron chi connectivity index (χ3n) is 2.37. The van der Waals surface area contributed by atoms with Crippen LogP contribution in [0.4, 0.5) is 0 Å². The van der Waals surface area contributed by atoms with Crippen LogP contribution in [-0.2, 0) is 0 Å². The zero-order valence-electron chi connectivity index (χ0n) is 8.64. The molecule has 1 heterocycles. The molecule has 2 nitrogen and oxygen atoms in total. The predicted molar refractivity (Wildman–Crippen MR) is 63.4 cm³/mol. The van der Waals surface area contributed by atoms with Crippen molar-refractivity contribution in [2.24, 2.45) is 0 Å². The smallest absolute Gasteiger partial charge is 0.116 e. The van der Waals surface area contributed by atoms with Crippen LogP contribution in [0.1, 0.15) is 12.5 Å². The third kappa shape index (κ3) is 1.79. The van der Waals surface area contributed by atoms with Crippen molar-refractivity contribution in [2.45, 2.75) is 6.92 Å². The fourth-order valence-corrected chi connectivity index (χ4v) is 1.57. The number of benzene rings is 1. The van der Waals surface area contributed by atoms with Gasteiger partial charge in [-0.3, -0.25) is 0 Å². The Morgan fingerprint density at radius 2 is 2.27 bits per heavy atom. The second-order valence-electron chi connectivity index (χ2n) is 3.24. The van der Waals surface area contributed by atoms with Crippen LogP contribution in [0.5, 0.6) is 0 Å². The molecule has 0 amide bonds. The van der Waals surface area contributed by atoms with Crippen molar-refractivity contribution in [1.29, 1.82) is 0 Å². The van der Waals surface area contributed by atoms with Gasteiger partial charge in [-0.05, 0) is 30.2 Å². The summed E-state index contributed by atoms with van der Waals surface area (Å²) in [5, 5.41) is 1.05. The molecule has 74 valence electrons. The number of nitrogens with zero attached hydrogens (tertiary/aromatic N) is 2. The molecule has 0 radical (unpaired) electrons. The maximum Gasteiger partial charge on any atom is 0.116 e. The van der Waals surface area contributed by atoms with Crippen molar-refractivity contribution >= 4 is 16.5 Å². The van der Waals surface area contributed by atoms with Crippen LogP contribution in [0.25, 0.3) is 16.5 Å². The second-order valence-corrected chi connectivity index (χ2v) is 3.24. The SMILES string of the molecule is C=C/C(=C\C)c1ccc2ncncc2c1. The lowest BCUT2D eigenvalue weighted by molar-refractivity contribution is 1.22. The van der Waals surface area contributed by atoms with E-state index < -0.39 is 0 Å². The lowest BCUT2D eigenvalue weighted by Gasteiger charge is -2.03. The Balaban J connectivity index is 2.61. The standard InChI is InChI=1S/C13H12N2/c1-3-10(4-2)11-5-6-13-12(7-11)8-14-9-15-13/h3-9H,1H2,2H3/b10-4+. The Morgan fingerprint density at radius 1 is 1.40 bits per heavy atom. The summed E-state index contributed by atoms with van der Waals surface area (Å²) in [5.74, 6) is 0. The molecule has 1 aromatic heterocycles. The molecule has 1 aromatic carbocycles. The highest BCUT2D eigenvalue weighted by Crippen LogP contribution is 2.19. The van der Waals surface area contributed by atoms with Crippen LogP contribution < -0.4 is 0 Å². The van der Waals surface area contributed by atoms with E-state index in [4.69, 9.17) is 0 Å². The summed E-state index contributed by atoms with van der Waals surface area (Å²) < 4.78 is 0. The second kappa shape index (κ2) is 4.05. The van der Waals surface area contributed by atoms with Gasteiger partial charge in [0.25, 0.3) is 0 Å². The van der Waals surface area contributed by atoms with Crippen LogP contribution in [0, 0.1) is 0 Å². The Morgan fingerprint density at radius 3 is 3.00 bits per heavy atom. The third-order valence-corrected chi connectivity index (χ3v) is 2.37. The molecule has 0 atom stereocenters. The molecule has 15 heavy (non-hydrogen) atoms. The lowest BCUT2D eigenvalue weighted by Crippen LogP contribution is -1.84. The first-order chi connectivity index (χ1) is 7.35. The Labute approximate surface area is 89.0 Å². The molecule has 0 saturated heterocycles. The van der Waals surface area contributed by atoms with E-state index >= 15 is 0 Å². The summed E-state index contributed by atoms with van der Waals surface area (Å²) in [6.45, 7) is 5.79. The van der Waals surface area contributed by atoms with Gasteiger partial charge >= 0.3 is 0 Å². The van der Waals surface area contributed by atoms with Crippen molar-refractivity contribution in [3.63, 3.8) is 0 Å². The van der Waals surface area contributed by atoms with Gasteiger partial charge in [-0.25, -0.2) is 9.97 Å². The normalized spacial score (nSPS) is 11.7. The molecule has 0 aliphatic rings. The first-order valence-corrected chi connectivity index (χ1v) is 4.84. The fourth-order valence-electron chi connectivity index (χ4n) is 1.57. The van der Waals surface area contributed by atoms with Gasteiger partial charge in [0.1, 0.15) is 6.33 Å². The monoisotopic (exact) mass is 196 g/mol. The average molecular weight is 196 g/mol. The van der Waals surface area contributed by atoms with Gasteiger partial charge in [-0.1, -0.05) is 24.8 Å². The molecule has 0 fully saturated rings. The zero-order valence-corrected chi connectivity index (χ0v) is 8.64. The molecule has 0 bridgehead atoms. The van der Waals surface area contributed by atoms with E-state index in [-0.39, 0.29) is 0 Å². The van der Waals surface area contributed by atoms with Gasteiger partial charge in [0.2, 0.25) is 0 Å². The Kier molecular flexibility index (Phi) is 2.59. The lowest BCUT2D eigenvalue weighted by atomic mass is 10.0. The van der Waals surface area contributed by atoms with E-state index in [1.807, 2.05) is 37.4 Å². The van der Waals surface area contributed by atoms with E-state index in [0.717, 1.165) is 22.0 Å². The summed E-state index contributed by atoms with van der Waals surface area (Å²) >= 11 is 0. The molecular weight excluding hydrogens is 184 g/mol. The van der Waals surface area contributed by atoms with E-state index in [2.05, 4.69) is 22.6 Å². The van der Waals surface area contributed by atoms with E-state index in [0.29, 0.717) is 0 Å². The van der Waals surface area contributed by atoms with Crippen molar-refractivity contribution in [2.75, 3.05) is 0 Å². The maximum absolute atomic E-state index is 4.18. The topological polar surface area (TPSA) is 25.8 Å². The number of allylic oxidation sites excluding steroid dienone is 3. The Bertz CT molecular complexity index is 527. The van der Waals surface area contributed by atoms with E-state index in [1.165, 1.54) is 0 Å². The fraction of sp³-hybridized carbons (Fsp3) is 0.0769. The molecule has 2 rings (SSSR count). The average Bonchev–Trinajstić information content (AvgIpc) is 2.30. The Hall–Kier alpha value is -1.96. The van der Waals surface area contributed by atoms with Crippen molar-refractivity contribution in [3.8, 4) is 0 Å². The minimum atomic E-state index is 0.966. The van der Waals surface area contributed by atoms with Crippen molar-refractivity contribution < 1.29 is 0 Å². The first kappa shape index (κ1) is 9.59. The minimum absolute atomic E-state index is 0.966. The summed E-state index contributed by atoms with van der Waals surface area (Å²) in [5.41, 5.74) is 3.24. The molecule has 0 aliphatic carbocycles. The van der Waals surface area contributed by atoms with Gasteiger partial charge in [0.05, 0.1) is 5.52 Å². The van der Waals surface area contributed by atoms with Gasteiger partial charge in [-0.15, -0.1) is 0 Å². The molecule has 0 saturated carbocycles. The highest BCUT2D eigenvalue weighted by molar-refractivity contribution is 5.84. The van der Waals surface area contributed by atoms with E-state index in [9.17, 15) is 0 Å². The predicted octanol–water partition coefficient (Wildman–Crippen LogP) is 3.22. The summed E-state index contributed by atoms with van der Waals surface area (Å²) in [6.07, 6.45) is 7.28. The molecular formula is C13H12N2.